The molecule has 0 saturated carbocycles. The Kier molecular flexibility index (Phi) is 6.20. The predicted octanol–water partition coefficient (Wildman–Crippen LogP) is 2.89. The molecule has 3 nitrogen and oxygen atoms in total. The van der Waals surface area contributed by atoms with Crippen molar-refractivity contribution in [3.8, 4) is 0 Å². The zero-order valence-electron chi connectivity index (χ0n) is 11.8. The quantitative estimate of drug-likeness (QED) is 0.849. The molecule has 1 aromatic carbocycles. The molecule has 2 rings (SSSR count). The van der Waals surface area contributed by atoms with Crippen LogP contribution in [0.1, 0.15) is 12.8 Å². The molecule has 5 heteroatoms. The third-order valence-corrected chi connectivity index (χ3v) is 4.79. The Bertz CT molecular complexity index is 436. The van der Waals surface area contributed by atoms with Crippen LogP contribution in [0.25, 0.3) is 0 Å². The van der Waals surface area contributed by atoms with E-state index in [1.54, 1.807) is 11.8 Å². The van der Waals surface area contributed by atoms with Gasteiger partial charge >= 0.3 is 0 Å². The van der Waals surface area contributed by atoms with Gasteiger partial charge < -0.3 is 10.2 Å². The Labute approximate surface area is 130 Å². The number of nitrogens with zero attached hydrogens (tertiary/aromatic N) is 1. The predicted molar refractivity (Wildman–Crippen MR) is 85.4 cm³/mol. The third kappa shape index (κ3) is 4.69. The maximum Gasteiger partial charge on any atom is 0.232 e. The molecule has 1 aliphatic rings. The third-order valence-electron chi connectivity index (χ3n) is 3.54. The minimum Gasteiger partial charge on any atom is -0.342 e. The summed E-state index contributed by atoms with van der Waals surface area (Å²) >= 11 is 7.43. The van der Waals surface area contributed by atoms with Gasteiger partial charge in [0.25, 0.3) is 0 Å². The Morgan fingerprint density at radius 2 is 2.20 bits per heavy atom. The normalized spacial score (nSPS) is 19.1. The highest BCUT2D eigenvalue weighted by molar-refractivity contribution is 8.00. The molecule has 0 aliphatic carbocycles. The standard InChI is InChI=1S/C15H21ClN2OS/c1-17-9-12-3-2-8-18(10-12)15(19)11-20-14-6-4-13(16)5-7-14/h4-7,12,17H,2-3,8-11H2,1H3. The maximum absolute atomic E-state index is 12.2. The minimum absolute atomic E-state index is 0.241. The smallest absolute Gasteiger partial charge is 0.232 e. The fraction of sp³-hybridized carbons (Fsp3) is 0.533. The number of hydrogen-bond acceptors (Lipinski definition) is 3. The van der Waals surface area contributed by atoms with Crippen molar-refractivity contribution in [2.45, 2.75) is 17.7 Å². The SMILES string of the molecule is CNCC1CCCN(C(=O)CSc2ccc(Cl)cc2)C1. The number of amides is 1. The molecule has 0 bridgehead atoms. The van der Waals surface area contributed by atoms with Crippen LogP contribution in [0.4, 0.5) is 0 Å². The first kappa shape index (κ1) is 15.7. The van der Waals surface area contributed by atoms with Crippen molar-refractivity contribution in [3.63, 3.8) is 0 Å². The first-order valence-electron chi connectivity index (χ1n) is 7.00. The molecule has 1 fully saturated rings. The highest BCUT2D eigenvalue weighted by Gasteiger charge is 2.22. The second-order valence-corrected chi connectivity index (χ2v) is 6.63. The molecular weight excluding hydrogens is 292 g/mol. The van der Waals surface area contributed by atoms with E-state index in [9.17, 15) is 4.79 Å². The summed E-state index contributed by atoms with van der Waals surface area (Å²) in [5.41, 5.74) is 0. The van der Waals surface area contributed by atoms with Crippen LogP contribution >= 0.6 is 23.4 Å². The largest absolute Gasteiger partial charge is 0.342 e. The molecule has 20 heavy (non-hydrogen) atoms. The fourth-order valence-corrected chi connectivity index (χ4v) is 3.44. The summed E-state index contributed by atoms with van der Waals surface area (Å²) in [6, 6.07) is 7.64. The van der Waals surface area contributed by atoms with Crippen molar-refractivity contribution in [2.24, 2.45) is 5.92 Å². The molecule has 110 valence electrons. The van der Waals surface area contributed by atoms with Gasteiger partial charge in [-0.1, -0.05) is 11.6 Å². The molecular formula is C15H21ClN2OS. The number of carbonyl (C=O) groups excluding carboxylic acids is 1. The minimum atomic E-state index is 0.241. The van der Waals surface area contributed by atoms with Gasteiger partial charge in [-0.25, -0.2) is 0 Å². The van der Waals surface area contributed by atoms with Crippen LogP contribution in [-0.2, 0) is 4.79 Å². The summed E-state index contributed by atoms with van der Waals surface area (Å²) in [6.45, 7) is 2.79. The number of piperidine rings is 1. The molecule has 1 N–H and O–H groups in total. The molecule has 1 aromatic rings. The molecule has 0 aromatic heterocycles. The molecule has 1 amide bonds. The van der Waals surface area contributed by atoms with Crippen molar-refractivity contribution in [1.29, 1.82) is 0 Å². The van der Waals surface area contributed by atoms with Crippen LogP contribution in [0.15, 0.2) is 29.2 Å². The van der Waals surface area contributed by atoms with Crippen molar-refractivity contribution in [3.05, 3.63) is 29.3 Å². The van der Waals surface area contributed by atoms with Crippen LogP contribution in [0, 0.1) is 5.92 Å². The number of hydrogen-bond donors (Lipinski definition) is 1. The van der Waals surface area contributed by atoms with Crippen LogP contribution in [0.3, 0.4) is 0 Å². The van der Waals surface area contributed by atoms with E-state index in [4.69, 9.17) is 11.6 Å². The highest BCUT2D eigenvalue weighted by atomic mass is 35.5. The highest BCUT2D eigenvalue weighted by Crippen LogP contribution is 2.22. The first-order chi connectivity index (χ1) is 9.69. The number of halogens is 1. The number of thioether (sulfide) groups is 1. The first-order valence-corrected chi connectivity index (χ1v) is 8.36. The lowest BCUT2D eigenvalue weighted by atomic mass is 9.98. The van der Waals surface area contributed by atoms with Gasteiger partial charge in [0.1, 0.15) is 0 Å². The lowest BCUT2D eigenvalue weighted by molar-refractivity contribution is -0.130. The van der Waals surface area contributed by atoms with E-state index in [-0.39, 0.29) is 5.91 Å². The summed E-state index contributed by atoms with van der Waals surface area (Å²) < 4.78 is 0. The van der Waals surface area contributed by atoms with Crippen molar-refractivity contribution in [1.82, 2.24) is 10.2 Å². The molecule has 1 aliphatic heterocycles. The summed E-state index contributed by atoms with van der Waals surface area (Å²) in [5, 5.41) is 3.93. The van der Waals surface area contributed by atoms with E-state index in [1.807, 2.05) is 36.2 Å². The van der Waals surface area contributed by atoms with Gasteiger partial charge in [-0.2, -0.15) is 0 Å². The Morgan fingerprint density at radius 1 is 1.45 bits per heavy atom. The fourth-order valence-electron chi connectivity index (χ4n) is 2.51. The second kappa shape index (κ2) is 7.91. The number of benzene rings is 1. The average molecular weight is 313 g/mol. The summed E-state index contributed by atoms with van der Waals surface area (Å²) in [5.74, 6) is 1.34. The molecule has 1 heterocycles. The number of carbonyl (C=O) groups is 1. The van der Waals surface area contributed by atoms with E-state index < -0.39 is 0 Å². The zero-order chi connectivity index (χ0) is 14.4. The number of rotatable bonds is 5. The van der Waals surface area contributed by atoms with Gasteiger partial charge in [-0.15, -0.1) is 11.8 Å². The number of nitrogens with one attached hydrogen (secondary N) is 1. The zero-order valence-corrected chi connectivity index (χ0v) is 13.3. The van der Waals surface area contributed by atoms with Crippen molar-refractivity contribution < 1.29 is 4.79 Å². The topological polar surface area (TPSA) is 32.3 Å². The van der Waals surface area contributed by atoms with Crippen LogP contribution < -0.4 is 5.32 Å². The van der Waals surface area contributed by atoms with E-state index in [1.165, 1.54) is 6.42 Å². The van der Waals surface area contributed by atoms with Crippen LogP contribution in [0.5, 0.6) is 0 Å². The maximum atomic E-state index is 12.2. The molecule has 1 atom stereocenters. The van der Waals surface area contributed by atoms with Gasteiger partial charge in [0, 0.05) is 23.0 Å². The van der Waals surface area contributed by atoms with E-state index in [2.05, 4.69) is 5.32 Å². The van der Waals surface area contributed by atoms with Crippen molar-refractivity contribution in [2.75, 3.05) is 32.4 Å². The van der Waals surface area contributed by atoms with Crippen LogP contribution in [0.2, 0.25) is 5.02 Å². The monoisotopic (exact) mass is 312 g/mol. The van der Waals surface area contributed by atoms with Gasteiger partial charge in [-0.3, -0.25) is 4.79 Å². The van der Waals surface area contributed by atoms with Gasteiger partial charge in [0.15, 0.2) is 0 Å². The second-order valence-electron chi connectivity index (χ2n) is 5.15. The van der Waals surface area contributed by atoms with E-state index >= 15 is 0 Å². The molecule has 1 saturated heterocycles. The lowest BCUT2D eigenvalue weighted by Crippen LogP contribution is -2.43. The van der Waals surface area contributed by atoms with Gasteiger partial charge in [0.2, 0.25) is 5.91 Å². The summed E-state index contributed by atoms with van der Waals surface area (Å²) in [7, 11) is 1.97. The average Bonchev–Trinajstić information content (AvgIpc) is 2.47. The molecule has 0 radical (unpaired) electrons. The molecule has 1 unspecified atom stereocenters. The van der Waals surface area contributed by atoms with Gasteiger partial charge in [-0.05, 0) is 56.6 Å². The van der Waals surface area contributed by atoms with Crippen molar-refractivity contribution >= 4 is 29.3 Å². The lowest BCUT2D eigenvalue weighted by Gasteiger charge is -2.32. The van der Waals surface area contributed by atoms with E-state index in [0.717, 1.165) is 36.0 Å². The van der Waals surface area contributed by atoms with Crippen LogP contribution in [-0.4, -0.2) is 43.2 Å². The number of likely N-dealkylation sites (tertiary alicyclic amines) is 1. The molecule has 0 spiro atoms. The summed E-state index contributed by atoms with van der Waals surface area (Å²) in [4.78, 5) is 15.3. The Morgan fingerprint density at radius 3 is 2.90 bits per heavy atom. The van der Waals surface area contributed by atoms with E-state index in [0.29, 0.717) is 11.7 Å². The van der Waals surface area contributed by atoms with Gasteiger partial charge in [0.05, 0.1) is 5.75 Å². The summed E-state index contributed by atoms with van der Waals surface area (Å²) in [6.07, 6.45) is 2.33. The Balaban J connectivity index is 1.80. The Hall–Kier alpha value is -0.710.